The van der Waals surface area contributed by atoms with Crippen LogP contribution in [0, 0.1) is 0 Å². The monoisotopic (exact) mass is 400 g/mol. The van der Waals surface area contributed by atoms with E-state index in [1.54, 1.807) is 12.1 Å². The lowest BCUT2D eigenvalue weighted by atomic mass is 10.1. The minimum Gasteiger partial charge on any atom is -0.493 e. The van der Waals surface area contributed by atoms with E-state index in [2.05, 4.69) is 5.32 Å². The van der Waals surface area contributed by atoms with Crippen molar-refractivity contribution < 1.29 is 19.4 Å². The molecule has 0 aliphatic heterocycles. The third-order valence-corrected chi connectivity index (χ3v) is 3.78. The van der Waals surface area contributed by atoms with Crippen LogP contribution < -0.4 is 20.5 Å². The van der Waals surface area contributed by atoms with E-state index in [9.17, 15) is 9.90 Å². The Morgan fingerprint density at radius 1 is 1.31 bits per heavy atom. The number of amides is 1. The summed E-state index contributed by atoms with van der Waals surface area (Å²) in [5.74, 6) is 0.0870. The highest BCUT2D eigenvalue weighted by Gasteiger charge is 2.13. The van der Waals surface area contributed by atoms with Crippen LogP contribution in [0.2, 0.25) is 5.02 Å². The molecule has 0 saturated heterocycles. The lowest BCUT2D eigenvalue weighted by molar-refractivity contribution is -0.119. The van der Waals surface area contributed by atoms with Crippen LogP contribution in [0.5, 0.6) is 11.5 Å². The van der Waals surface area contributed by atoms with Gasteiger partial charge in [0.2, 0.25) is 0 Å². The Hall–Kier alpha value is -1.99. The van der Waals surface area contributed by atoms with Crippen molar-refractivity contribution in [2.75, 3.05) is 20.3 Å². The Labute approximate surface area is 163 Å². The SMILES string of the molecule is COc1cc(CNCC(O)c2ccccc2)cc(Cl)c1OCC(N)=O.Cl. The molecule has 0 spiro atoms. The van der Waals surface area contributed by atoms with Crippen LogP contribution in [0.4, 0.5) is 0 Å². The van der Waals surface area contributed by atoms with Crippen molar-refractivity contribution in [3.05, 3.63) is 58.6 Å². The van der Waals surface area contributed by atoms with Crippen molar-refractivity contribution in [3.8, 4) is 11.5 Å². The van der Waals surface area contributed by atoms with Crippen LogP contribution in [0.15, 0.2) is 42.5 Å². The van der Waals surface area contributed by atoms with E-state index in [4.69, 9.17) is 26.8 Å². The van der Waals surface area contributed by atoms with Crippen molar-refractivity contribution in [1.82, 2.24) is 5.32 Å². The molecule has 2 aromatic rings. The number of carbonyl (C=O) groups excluding carboxylic acids is 1. The van der Waals surface area contributed by atoms with Gasteiger partial charge in [0.05, 0.1) is 18.2 Å². The first-order valence-corrected chi connectivity index (χ1v) is 8.10. The summed E-state index contributed by atoms with van der Waals surface area (Å²) < 4.78 is 10.5. The van der Waals surface area contributed by atoms with Crippen molar-refractivity contribution in [2.45, 2.75) is 12.6 Å². The summed E-state index contributed by atoms with van der Waals surface area (Å²) in [7, 11) is 1.49. The quantitative estimate of drug-likeness (QED) is 0.600. The minimum atomic E-state index is -0.600. The first kappa shape index (κ1) is 22.1. The van der Waals surface area contributed by atoms with Crippen LogP contribution in [0.25, 0.3) is 0 Å². The second-order valence-corrected chi connectivity index (χ2v) is 5.83. The van der Waals surface area contributed by atoms with Gasteiger partial charge in [-0.25, -0.2) is 0 Å². The van der Waals surface area contributed by atoms with Crippen LogP contribution in [-0.2, 0) is 11.3 Å². The molecule has 26 heavy (non-hydrogen) atoms. The van der Waals surface area contributed by atoms with Gasteiger partial charge < -0.3 is 25.6 Å². The average Bonchev–Trinajstić information content (AvgIpc) is 2.60. The maximum Gasteiger partial charge on any atom is 0.255 e. The van der Waals surface area contributed by atoms with E-state index in [0.717, 1.165) is 11.1 Å². The zero-order valence-electron chi connectivity index (χ0n) is 14.3. The minimum absolute atomic E-state index is 0. The molecule has 1 unspecified atom stereocenters. The fraction of sp³-hybridized carbons (Fsp3) is 0.278. The molecule has 142 valence electrons. The zero-order valence-corrected chi connectivity index (χ0v) is 15.8. The second-order valence-electron chi connectivity index (χ2n) is 5.42. The number of aliphatic hydroxyl groups excluding tert-OH is 1. The predicted octanol–water partition coefficient (Wildman–Crippen LogP) is 2.46. The molecule has 2 rings (SSSR count). The molecule has 1 atom stereocenters. The summed E-state index contributed by atoms with van der Waals surface area (Å²) in [4.78, 5) is 10.9. The summed E-state index contributed by atoms with van der Waals surface area (Å²) in [5.41, 5.74) is 6.78. The lowest BCUT2D eigenvalue weighted by Crippen LogP contribution is -2.21. The first-order valence-electron chi connectivity index (χ1n) is 7.72. The first-order chi connectivity index (χ1) is 12.0. The fourth-order valence-corrected chi connectivity index (χ4v) is 2.59. The van der Waals surface area contributed by atoms with E-state index < -0.39 is 12.0 Å². The summed E-state index contributed by atoms with van der Waals surface area (Å²) in [5, 5.41) is 13.6. The molecule has 4 N–H and O–H groups in total. The third kappa shape index (κ3) is 6.38. The Bertz CT molecular complexity index is 714. The van der Waals surface area contributed by atoms with Gasteiger partial charge in [-0.3, -0.25) is 4.79 Å². The lowest BCUT2D eigenvalue weighted by Gasteiger charge is -2.15. The number of hydrogen-bond acceptors (Lipinski definition) is 5. The van der Waals surface area contributed by atoms with Crippen molar-refractivity contribution in [2.24, 2.45) is 5.73 Å². The standard InChI is InChI=1S/C18H21ClN2O4.ClH/c1-24-16-8-12(7-14(19)18(16)25-11-17(20)23)9-21-10-15(22)13-5-3-2-4-6-13;/h2-8,15,21-22H,9-11H2,1H3,(H2,20,23);1H. The van der Waals surface area contributed by atoms with Gasteiger partial charge in [0.1, 0.15) is 0 Å². The average molecular weight is 401 g/mol. The molecule has 0 saturated carbocycles. The van der Waals surface area contributed by atoms with E-state index in [1.807, 2.05) is 30.3 Å². The van der Waals surface area contributed by atoms with Crippen LogP contribution >= 0.6 is 24.0 Å². The normalized spacial score (nSPS) is 11.3. The molecule has 2 aromatic carbocycles. The highest BCUT2D eigenvalue weighted by molar-refractivity contribution is 6.32. The molecule has 0 aliphatic carbocycles. The number of halogens is 2. The van der Waals surface area contributed by atoms with Crippen LogP contribution in [0.3, 0.4) is 0 Å². The number of methoxy groups -OCH3 is 1. The van der Waals surface area contributed by atoms with Crippen molar-refractivity contribution in [3.63, 3.8) is 0 Å². The zero-order chi connectivity index (χ0) is 18.2. The number of nitrogens with one attached hydrogen (secondary N) is 1. The van der Waals surface area contributed by atoms with Gasteiger partial charge in [-0.05, 0) is 23.3 Å². The summed E-state index contributed by atoms with van der Waals surface area (Å²) in [6.07, 6.45) is -0.600. The molecule has 0 heterocycles. The third-order valence-electron chi connectivity index (χ3n) is 3.50. The predicted molar refractivity (Wildman–Crippen MR) is 103 cm³/mol. The molecular formula is C18H22Cl2N2O4. The number of ether oxygens (including phenoxy) is 2. The maximum absolute atomic E-state index is 10.9. The summed E-state index contributed by atoms with van der Waals surface area (Å²) in [6, 6.07) is 12.9. The highest BCUT2D eigenvalue weighted by Crippen LogP contribution is 2.36. The van der Waals surface area contributed by atoms with Crippen LogP contribution in [0.1, 0.15) is 17.2 Å². The molecular weight excluding hydrogens is 379 g/mol. The smallest absolute Gasteiger partial charge is 0.255 e. The molecule has 0 aliphatic rings. The largest absolute Gasteiger partial charge is 0.493 e. The second kappa shape index (κ2) is 10.9. The molecule has 8 heteroatoms. The number of hydrogen-bond donors (Lipinski definition) is 3. The van der Waals surface area contributed by atoms with E-state index in [0.29, 0.717) is 23.9 Å². The molecule has 6 nitrogen and oxygen atoms in total. The molecule has 1 amide bonds. The van der Waals surface area contributed by atoms with Gasteiger partial charge in [0, 0.05) is 13.1 Å². The van der Waals surface area contributed by atoms with Gasteiger partial charge in [0.25, 0.3) is 5.91 Å². The number of primary amides is 1. The molecule has 0 fully saturated rings. The van der Waals surface area contributed by atoms with Gasteiger partial charge in [-0.2, -0.15) is 0 Å². The van der Waals surface area contributed by atoms with E-state index >= 15 is 0 Å². The topological polar surface area (TPSA) is 93.8 Å². The van der Waals surface area contributed by atoms with Gasteiger partial charge in [0.15, 0.2) is 18.1 Å². The number of rotatable bonds is 9. The van der Waals surface area contributed by atoms with Crippen molar-refractivity contribution in [1.29, 1.82) is 0 Å². The van der Waals surface area contributed by atoms with Gasteiger partial charge in [-0.1, -0.05) is 41.9 Å². The van der Waals surface area contributed by atoms with E-state index in [-0.39, 0.29) is 24.8 Å². The number of carbonyl (C=O) groups is 1. The Morgan fingerprint density at radius 3 is 2.62 bits per heavy atom. The van der Waals surface area contributed by atoms with Crippen LogP contribution in [-0.4, -0.2) is 31.3 Å². The van der Waals surface area contributed by atoms with E-state index in [1.165, 1.54) is 7.11 Å². The number of aliphatic hydroxyl groups is 1. The summed E-state index contributed by atoms with van der Waals surface area (Å²) >= 11 is 6.20. The summed E-state index contributed by atoms with van der Waals surface area (Å²) in [6.45, 7) is 0.594. The molecule has 0 aromatic heterocycles. The number of benzene rings is 2. The number of nitrogens with two attached hydrogens (primary N) is 1. The Morgan fingerprint density at radius 2 is 2.00 bits per heavy atom. The van der Waals surface area contributed by atoms with Crippen molar-refractivity contribution >= 4 is 29.9 Å². The maximum atomic E-state index is 10.9. The Balaban J connectivity index is 0.00000338. The Kier molecular flexibility index (Phi) is 9.23. The van der Waals surface area contributed by atoms with Gasteiger partial charge in [-0.15, -0.1) is 12.4 Å². The molecule has 0 bridgehead atoms. The highest BCUT2D eigenvalue weighted by atomic mass is 35.5. The van der Waals surface area contributed by atoms with Gasteiger partial charge >= 0.3 is 0 Å². The molecule has 0 radical (unpaired) electrons. The fourth-order valence-electron chi connectivity index (χ4n) is 2.30.